The second-order valence-corrected chi connectivity index (χ2v) is 6.38. The zero-order valence-electron chi connectivity index (χ0n) is 11.7. The Bertz CT molecular complexity index is 213. The van der Waals surface area contributed by atoms with Crippen LogP contribution in [0.4, 0.5) is 0 Å². The van der Waals surface area contributed by atoms with E-state index in [2.05, 4.69) is 24.5 Å². The van der Waals surface area contributed by atoms with E-state index in [1.54, 1.807) is 0 Å². The van der Waals surface area contributed by atoms with Gasteiger partial charge in [0.05, 0.1) is 0 Å². The van der Waals surface area contributed by atoms with E-state index in [0.717, 1.165) is 12.0 Å². The van der Waals surface area contributed by atoms with Crippen LogP contribution in [0.15, 0.2) is 0 Å². The molecule has 2 aliphatic heterocycles. The minimum Gasteiger partial charge on any atom is -0.314 e. The summed E-state index contributed by atoms with van der Waals surface area (Å²) in [5.74, 6) is 0.770. The van der Waals surface area contributed by atoms with E-state index in [4.69, 9.17) is 0 Å². The average Bonchev–Trinajstić information content (AvgIpc) is 2.38. The fourth-order valence-electron chi connectivity index (χ4n) is 3.59. The van der Waals surface area contributed by atoms with Gasteiger partial charge in [0.1, 0.15) is 0 Å². The van der Waals surface area contributed by atoms with Crippen LogP contribution in [-0.2, 0) is 0 Å². The van der Waals surface area contributed by atoms with Crippen molar-refractivity contribution in [2.24, 2.45) is 5.92 Å². The van der Waals surface area contributed by atoms with Crippen LogP contribution >= 0.6 is 0 Å². The molecule has 2 fully saturated rings. The largest absolute Gasteiger partial charge is 0.314 e. The smallest absolute Gasteiger partial charge is 0.0205 e. The molecule has 0 bridgehead atoms. The maximum atomic E-state index is 3.84. The highest BCUT2D eigenvalue weighted by molar-refractivity contribution is 4.94. The van der Waals surface area contributed by atoms with Crippen LogP contribution in [0.2, 0.25) is 0 Å². The zero-order chi connectivity index (χ0) is 12.1. The van der Waals surface area contributed by atoms with Gasteiger partial charge in [-0.05, 0) is 57.5 Å². The third-order valence-corrected chi connectivity index (χ3v) is 4.98. The van der Waals surface area contributed by atoms with E-state index in [-0.39, 0.29) is 0 Å². The Morgan fingerprint density at radius 3 is 2.53 bits per heavy atom. The Balaban J connectivity index is 1.84. The van der Waals surface area contributed by atoms with Crippen molar-refractivity contribution < 1.29 is 0 Å². The van der Waals surface area contributed by atoms with Crippen molar-refractivity contribution in [2.75, 3.05) is 13.1 Å². The van der Waals surface area contributed by atoms with Crippen molar-refractivity contribution in [2.45, 2.75) is 76.8 Å². The van der Waals surface area contributed by atoms with Gasteiger partial charge in [-0.25, -0.2) is 0 Å². The molecule has 2 N–H and O–H groups in total. The normalized spacial score (nSPS) is 35.1. The minimum absolute atomic E-state index is 0.442. The third-order valence-electron chi connectivity index (χ3n) is 4.98. The second kappa shape index (κ2) is 6.19. The van der Waals surface area contributed by atoms with E-state index in [9.17, 15) is 0 Å². The summed E-state index contributed by atoms with van der Waals surface area (Å²) in [6.45, 7) is 7.27. The molecule has 2 heterocycles. The molecule has 0 aromatic rings. The molecule has 2 atom stereocenters. The minimum atomic E-state index is 0.442. The van der Waals surface area contributed by atoms with Gasteiger partial charge in [0.2, 0.25) is 0 Å². The molecule has 0 aliphatic carbocycles. The summed E-state index contributed by atoms with van der Waals surface area (Å²) in [5, 5.41) is 7.53. The maximum Gasteiger partial charge on any atom is 0.0205 e. The van der Waals surface area contributed by atoms with Crippen LogP contribution in [0.25, 0.3) is 0 Å². The molecule has 0 saturated carbocycles. The monoisotopic (exact) mass is 238 g/mol. The molecule has 0 aromatic carbocycles. The van der Waals surface area contributed by atoms with E-state index < -0.39 is 0 Å². The summed E-state index contributed by atoms with van der Waals surface area (Å²) in [6.07, 6.45) is 11.1. The van der Waals surface area contributed by atoms with Crippen LogP contribution in [0.3, 0.4) is 0 Å². The van der Waals surface area contributed by atoms with Crippen molar-refractivity contribution in [1.82, 2.24) is 10.6 Å². The Labute approximate surface area is 107 Å². The summed E-state index contributed by atoms with van der Waals surface area (Å²) in [5.41, 5.74) is 0.442. The molecule has 17 heavy (non-hydrogen) atoms. The fourth-order valence-corrected chi connectivity index (χ4v) is 3.59. The number of nitrogens with one attached hydrogen (secondary N) is 2. The molecule has 2 heteroatoms. The summed E-state index contributed by atoms with van der Waals surface area (Å²) in [7, 11) is 0. The highest BCUT2D eigenvalue weighted by Crippen LogP contribution is 2.32. The van der Waals surface area contributed by atoms with E-state index in [1.165, 1.54) is 64.5 Å². The molecule has 0 aromatic heterocycles. The van der Waals surface area contributed by atoms with Crippen LogP contribution in [0.1, 0.15) is 65.2 Å². The molecule has 0 spiro atoms. The summed E-state index contributed by atoms with van der Waals surface area (Å²) < 4.78 is 0. The fraction of sp³-hybridized carbons (Fsp3) is 1.00. The number of hydrogen-bond donors (Lipinski definition) is 2. The van der Waals surface area contributed by atoms with Gasteiger partial charge in [0.25, 0.3) is 0 Å². The average molecular weight is 238 g/mol. The summed E-state index contributed by atoms with van der Waals surface area (Å²) in [4.78, 5) is 0. The van der Waals surface area contributed by atoms with Crippen LogP contribution < -0.4 is 10.6 Å². The van der Waals surface area contributed by atoms with Gasteiger partial charge in [0.15, 0.2) is 0 Å². The van der Waals surface area contributed by atoms with E-state index >= 15 is 0 Å². The summed E-state index contributed by atoms with van der Waals surface area (Å²) in [6, 6.07) is 0.795. The van der Waals surface area contributed by atoms with Crippen molar-refractivity contribution in [3.63, 3.8) is 0 Å². The highest BCUT2D eigenvalue weighted by atomic mass is 15.0. The van der Waals surface area contributed by atoms with Gasteiger partial charge in [-0.15, -0.1) is 0 Å². The molecule has 0 amide bonds. The van der Waals surface area contributed by atoms with Crippen molar-refractivity contribution in [3.05, 3.63) is 0 Å². The molecule has 2 nitrogen and oxygen atoms in total. The van der Waals surface area contributed by atoms with Crippen molar-refractivity contribution >= 4 is 0 Å². The van der Waals surface area contributed by atoms with E-state index in [1.807, 2.05) is 0 Å². The van der Waals surface area contributed by atoms with Gasteiger partial charge in [0, 0.05) is 11.6 Å². The van der Waals surface area contributed by atoms with Gasteiger partial charge in [-0.3, -0.25) is 0 Å². The van der Waals surface area contributed by atoms with E-state index in [0.29, 0.717) is 5.54 Å². The van der Waals surface area contributed by atoms with Crippen LogP contribution in [-0.4, -0.2) is 24.7 Å². The highest BCUT2D eigenvalue weighted by Gasteiger charge is 2.34. The lowest BCUT2D eigenvalue weighted by atomic mass is 9.75. The first-order valence-corrected chi connectivity index (χ1v) is 7.71. The Hall–Kier alpha value is -0.0800. The molecule has 2 rings (SSSR count). The van der Waals surface area contributed by atoms with Crippen molar-refractivity contribution in [3.8, 4) is 0 Å². The lowest BCUT2D eigenvalue weighted by Crippen LogP contribution is -2.53. The number of hydrogen-bond acceptors (Lipinski definition) is 2. The molecule has 2 unspecified atom stereocenters. The molecule has 2 aliphatic rings. The molecular weight excluding hydrogens is 208 g/mol. The Kier molecular flexibility index (Phi) is 4.87. The van der Waals surface area contributed by atoms with Crippen molar-refractivity contribution in [1.29, 1.82) is 0 Å². The SMILES string of the molecule is CC(C)C1(CCC2CCCCN2)CCCCN1. The summed E-state index contributed by atoms with van der Waals surface area (Å²) >= 11 is 0. The lowest BCUT2D eigenvalue weighted by Gasteiger charge is -2.43. The zero-order valence-corrected chi connectivity index (χ0v) is 11.7. The number of rotatable bonds is 4. The number of piperidine rings is 2. The quantitative estimate of drug-likeness (QED) is 0.786. The Morgan fingerprint density at radius 1 is 1.12 bits per heavy atom. The molecule has 0 radical (unpaired) electrons. The Morgan fingerprint density at radius 2 is 1.94 bits per heavy atom. The second-order valence-electron chi connectivity index (χ2n) is 6.38. The predicted molar refractivity (Wildman–Crippen MR) is 74.3 cm³/mol. The molecule has 100 valence electrons. The van der Waals surface area contributed by atoms with Gasteiger partial charge >= 0.3 is 0 Å². The van der Waals surface area contributed by atoms with Crippen LogP contribution in [0.5, 0.6) is 0 Å². The first-order valence-electron chi connectivity index (χ1n) is 7.71. The van der Waals surface area contributed by atoms with Gasteiger partial charge in [-0.1, -0.05) is 26.7 Å². The molecule has 2 saturated heterocycles. The maximum absolute atomic E-state index is 3.84. The lowest BCUT2D eigenvalue weighted by molar-refractivity contribution is 0.157. The predicted octanol–water partition coefficient (Wildman–Crippen LogP) is 3.08. The third kappa shape index (κ3) is 3.45. The van der Waals surface area contributed by atoms with Crippen LogP contribution in [0, 0.1) is 5.92 Å². The molecular formula is C15H30N2. The standard InChI is InChI=1S/C15H30N2/c1-13(2)15(9-4-6-12-17-15)10-8-14-7-3-5-11-16-14/h13-14,16-17H,3-12H2,1-2H3. The first-order chi connectivity index (χ1) is 8.23. The first kappa shape index (κ1) is 13.4. The van der Waals surface area contributed by atoms with Gasteiger partial charge < -0.3 is 10.6 Å². The topological polar surface area (TPSA) is 24.1 Å². The van der Waals surface area contributed by atoms with Gasteiger partial charge in [-0.2, -0.15) is 0 Å².